The molecular formula is C12H18IN3O3S. The summed E-state index contributed by atoms with van der Waals surface area (Å²) in [5, 5.41) is 2.82. The van der Waals surface area contributed by atoms with Crippen molar-refractivity contribution in [3.63, 3.8) is 0 Å². The third-order valence-electron chi connectivity index (χ3n) is 2.42. The van der Waals surface area contributed by atoms with E-state index in [0.29, 0.717) is 6.54 Å². The van der Waals surface area contributed by atoms with Gasteiger partial charge < -0.3 is 5.32 Å². The minimum Gasteiger partial charge on any atom is -0.324 e. The van der Waals surface area contributed by atoms with Gasteiger partial charge in [0.05, 0.1) is 18.5 Å². The van der Waals surface area contributed by atoms with Crippen molar-refractivity contribution in [3.8, 4) is 0 Å². The lowest BCUT2D eigenvalue weighted by molar-refractivity contribution is -0.117. The maximum absolute atomic E-state index is 11.8. The van der Waals surface area contributed by atoms with Gasteiger partial charge in [0.1, 0.15) is 0 Å². The summed E-state index contributed by atoms with van der Waals surface area (Å²) in [6.07, 6.45) is 1.11. The highest BCUT2D eigenvalue weighted by atomic mass is 127. The Balaban J connectivity index is 2.37. The average Bonchev–Trinajstić information content (AvgIpc) is 2.30. The van der Waals surface area contributed by atoms with Crippen LogP contribution in [0, 0.1) is 3.57 Å². The molecule has 0 heterocycles. The fraction of sp³-hybridized carbons (Fsp3) is 0.417. The molecule has 0 saturated carbocycles. The molecule has 0 aliphatic heterocycles. The Morgan fingerprint density at radius 2 is 2.00 bits per heavy atom. The van der Waals surface area contributed by atoms with Gasteiger partial charge in [-0.3, -0.25) is 9.69 Å². The number of hydrogen-bond donors (Lipinski definition) is 2. The first-order valence-electron chi connectivity index (χ1n) is 5.95. The number of likely N-dealkylation sites (N-methyl/N-ethyl adjacent to an activating group) is 1. The van der Waals surface area contributed by atoms with Crippen molar-refractivity contribution in [2.75, 3.05) is 38.3 Å². The molecule has 1 aromatic carbocycles. The number of rotatable bonds is 7. The molecule has 0 fully saturated rings. The molecular weight excluding hydrogens is 393 g/mol. The van der Waals surface area contributed by atoms with Crippen LogP contribution in [0.1, 0.15) is 0 Å². The van der Waals surface area contributed by atoms with E-state index in [1.54, 1.807) is 11.9 Å². The van der Waals surface area contributed by atoms with Crippen molar-refractivity contribution >= 4 is 44.2 Å². The van der Waals surface area contributed by atoms with Crippen LogP contribution in [0.5, 0.6) is 0 Å². The number of para-hydroxylation sites is 1. The number of carbonyl (C=O) groups is 1. The molecule has 0 aliphatic carbocycles. The largest absolute Gasteiger partial charge is 0.324 e. The van der Waals surface area contributed by atoms with E-state index in [4.69, 9.17) is 0 Å². The summed E-state index contributed by atoms with van der Waals surface area (Å²) < 4.78 is 25.2. The van der Waals surface area contributed by atoms with Gasteiger partial charge in [0.2, 0.25) is 15.9 Å². The number of carbonyl (C=O) groups excluding carboxylic acids is 1. The van der Waals surface area contributed by atoms with E-state index in [1.807, 2.05) is 24.3 Å². The molecule has 8 heteroatoms. The minimum atomic E-state index is -3.18. The predicted octanol–water partition coefficient (Wildman–Crippen LogP) is 0.711. The van der Waals surface area contributed by atoms with Crippen molar-refractivity contribution in [1.29, 1.82) is 0 Å². The summed E-state index contributed by atoms with van der Waals surface area (Å²) >= 11 is 2.15. The van der Waals surface area contributed by atoms with Gasteiger partial charge in [-0.15, -0.1) is 0 Å². The lowest BCUT2D eigenvalue weighted by Gasteiger charge is -2.16. The van der Waals surface area contributed by atoms with Crippen molar-refractivity contribution in [3.05, 3.63) is 27.8 Å². The number of anilines is 1. The van der Waals surface area contributed by atoms with Crippen molar-refractivity contribution in [2.24, 2.45) is 0 Å². The first-order valence-corrected chi connectivity index (χ1v) is 8.92. The van der Waals surface area contributed by atoms with Crippen LogP contribution in [-0.4, -0.2) is 52.2 Å². The fourth-order valence-corrected chi connectivity index (χ4v) is 2.48. The molecule has 0 aromatic heterocycles. The molecule has 6 nitrogen and oxygen atoms in total. The molecule has 0 atom stereocenters. The molecule has 2 N–H and O–H groups in total. The van der Waals surface area contributed by atoms with Gasteiger partial charge in [-0.05, 0) is 41.8 Å². The fourth-order valence-electron chi connectivity index (χ4n) is 1.50. The van der Waals surface area contributed by atoms with Gasteiger partial charge in [0, 0.05) is 16.7 Å². The van der Waals surface area contributed by atoms with Gasteiger partial charge in [-0.2, -0.15) is 0 Å². The van der Waals surface area contributed by atoms with Crippen molar-refractivity contribution in [2.45, 2.75) is 0 Å². The van der Waals surface area contributed by atoms with E-state index in [1.165, 1.54) is 0 Å². The summed E-state index contributed by atoms with van der Waals surface area (Å²) in [7, 11) is -1.42. The Morgan fingerprint density at radius 1 is 1.35 bits per heavy atom. The monoisotopic (exact) mass is 411 g/mol. The molecule has 1 amide bonds. The number of halogens is 1. The molecule has 0 radical (unpaired) electrons. The van der Waals surface area contributed by atoms with E-state index in [0.717, 1.165) is 15.5 Å². The summed E-state index contributed by atoms with van der Waals surface area (Å²) in [4.78, 5) is 13.6. The Kier molecular flexibility index (Phi) is 6.86. The zero-order chi connectivity index (χ0) is 15.2. The lowest BCUT2D eigenvalue weighted by Crippen LogP contribution is -2.36. The molecule has 1 rings (SSSR count). The summed E-state index contributed by atoms with van der Waals surface area (Å²) in [5.74, 6) is -0.129. The van der Waals surface area contributed by atoms with Gasteiger partial charge in [0.25, 0.3) is 0 Å². The minimum absolute atomic E-state index is 0.129. The highest BCUT2D eigenvalue weighted by Gasteiger charge is 2.09. The normalized spacial score (nSPS) is 11.6. The number of amides is 1. The number of benzene rings is 1. The molecule has 0 unspecified atom stereocenters. The van der Waals surface area contributed by atoms with E-state index in [-0.39, 0.29) is 19.0 Å². The zero-order valence-corrected chi connectivity index (χ0v) is 14.4. The quantitative estimate of drug-likeness (QED) is 0.648. The van der Waals surface area contributed by atoms with E-state index >= 15 is 0 Å². The molecule has 0 saturated heterocycles. The summed E-state index contributed by atoms with van der Waals surface area (Å²) in [5.41, 5.74) is 0.778. The third kappa shape index (κ3) is 7.17. The van der Waals surface area contributed by atoms with Crippen LogP contribution >= 0.6 is 22.6 Å². The Bertz CT molecular complexity index is 563. The maximum Gasteiger partial charge on any atom is 0.238 e. The molecule has 0 spiro atoms. The number of hydrogen-bond acceptors (Lipinski definition) is 4. The Morgan fingerprint density at radius 3 is 2.60 bits per heavy atom. The second kappa shape index (κ2) is 7.91. The Hall–Kier alpha value is -0.710. The molecule has 0 aliphatic rings. The van der Waals surface area contributed by atoms with Crippen LogP contribution in [0.2, 0.25) is 0 Å². The van der Waals surface area contributed by atoms with Crippen molar-refractivity contribution in [1.82, 2.24) is 9.62 Å². The second-order valence-corrected chi connectivity index (χ2v) is 7.43. The van der Waals surface area contributed by atoms with Crippen LogP contribution in [0.4, 0.5) is 5.69 Å². The van der Waals surface area contributed by atoms with E-state index < -0.39 is 10.0 Å². The van der Waals surface area contributed by atoms with Crippen LogP contribution in [-0.2, 0) is 14.8 Å². The van der Waals surface area contributed by atoms with Gasteiger partial charge in [-0.1, -0.05) is 12.1 Å². The number of nitrogens with one attached hydrogen (secondary N) is 2. The van der Waals surface area contributed by atoms with Crippen LogP contribution < -0.4 is 10.0 Å². The van der Waals surface area contributed by atoms with E-state index in [9.17, 15) is 13.2 Å². The molecule has 0 bridgehead atoms. The maximum atomic E-state index is 11.8. The number of sulfonamides is 1. The first-order chi connectivity index (χ1) is 9.28. The first kappa shape index (κ1) is 17.3. The number of nitrogens with zero attached hydrogens (tertiary/aromatic N) is 1. The summed E-state index contributed by atoms with van der Waals surface area (Å²) in [6, 6.07) is 7.51. The highest BCUT2D eigenvalue weighted by Crippen LogP contribution is 2.16. The molecule has 112 valence electrons. The average molecular weight is 411 g/mol. The second-order valence-electron chi connectivity index (χ2n) is 4.43. The predicted molar refractivity (Wildman–Crippen MR) is 88.1 cm³/mol. The van der Waals surface area contributed by atoms with Crippen LogP contribution in [0.3, 0.4) is 0 Å². The SMILES string of the molecule is CN(CCNS(C)(=O)=O)CC(=O)Nc1ccccc1I. The smallest absolute Gasteiger partial charge is 0.238 e. The van der Waals surface area contributed by atoms with Gasteiger partial charge >= 0.3 is 0 Å². The zero-order valence-electron chi connectivity index (χ0n) is 11.4. The summed E-state index contributed by atoms with van der Waals surface area (Å²) in [6.45, 7) is 0.953. The van der Waals surface area contributed by atoms with Crippen molar-refractivity contribution < 1.29 is 13.2 Å². The molecule has 20 heavy (non-hydrogen) atoms. The topological polar surface area (TPSA) is 78.5 Å². The van der Waals surface area contributed by atoms with Crippen LogP contribution in [0.15, 0.2) is 24.3 Å². The Labute approximate surface area is 133 Å². The lowest BCUT2D eigenvalue weighted by atomic mass is 10.3. The van der Waals surface area contributed by atoms with E-state index in [2.05, 4.69) is 32.6 Å². The standard InChI is InChI=1S/C12H18IN3O3S/c1-16(8-7-14-20(2,18)19)9-12(17)15-11-6-4-3-5-10(11)13/h3-6,14H,7-9H2,1-2H3,(H,15,17). The molecule has 1 aromatic rings. The van der Waals surface area contributed by atoms with Gasteiger partial charge in [-0.25, -0.2) is 13.1 Å². The van der Waals surface area contributed by atoms with Gasteiger partial charge in [0.15, 0.2) is 0 Å². The third-order valence-corrected chi connectivity index (χ3v) is 4.09. The van der Waals surface area contributed by atoms with Crippen LogP contribution in [0.25, 0.3) is 0 Å². The highest BCUT2D eigenvalue weighted by molar-refractivity contribution is 14.1.